The van der Waals surface area contributed by atoms with Crippen molar-refractivity contribution in [3.8, 4) is 11.3 Å². The zero-order valence-corrected chi connectivity index (χ0v) is 17.4. The van der Waals surface area contributed by atoms with Crippen LogP contribution in [0.15, 0.2) is 18.5 Å². The van der Waals surface area contributed by atoms with Gasteiger partial charge in [0.1, 0.15) is 5.82 Å². The molecule has 0 saturated carbocycles. The molecule has 0 amide bonds. The highest BCUT2D eigenvalue weighted by Crippen LogP contribution is 2.35. The van der Waals surface area contributed by atoms with Gasteiger partial charge in [0.15, 0.2) is 0 Å². The number of anilines is 2. The van der Waals surface area contributed by atoms with Gasteiger partial charge in [-0.2, -0.15) is 13.2 Å². The van der Waals surface area contributed by atoms with Crippen molar-refractivity contribution in [2.24, 2.45) is 0 Å². The number of hydrogen-bond acceptors (Lipinski definition) is 8. The highest BCUT2D eigenvalue weighted by atomic mass is 32.2. The molecule has 0 bridgehead atoms. The van der Waals surface area contributed by atoms with Gasteiger partial charge in [-0.3, -0.25) is 0 Å². The number of piperidine rings is 1. The molecule has 0 aliphatic carbocycles. The molecule has 0 spiro atoms. The van der Waals surface area contributed by atoms with E-state index in [-0.39, 0.29) is 11.6 Å². The minimum absolute atomic E-state index is 0.186. The number of nitrogens with one attached hydrogen (secondary N) is 1. The number of fused-ring (bicyclic) bond motifs is 1. The first kappa shape index (κ1) is 20.8. The molecule has 1 unspecified atom stereocenters. The first-order valence-electron chi connectivity index (χ1n) is 8.91. The van der Waals surface area contributed by atoms with E-state index in [1.54, 1.807) is 0 Å². The van der Waals surface area contributed by atoms with Crippen LogP contribution in [0.3, 0.4) is 0 Å². The number of halogens is 3. The van der Waals surface area contributed by atoms with Crippen molar-refractivity contribution in [3.05, 3.63) is 24.0 Å². The molecular formula is C16H18F3N7O2S2. The van der Waals surface area contributed by atoms with Crippen LogP contribution in [0.5, 0.6) is 0 Å². The van der Waals surface area contributed by atoms with Gasteiger partial charge in [-0.25, -0.2) is 27.6 Å². The number of rotatable bonds is 4. The van der Waals surface area contributed by atoms with Crippen LogP contribution in [0.2, 0.25) is 0 Å². The second-order valence-corrected chi connectivity index (χ2v) is 9.78. The third kappa shape index (κ3) is 4.34. The van der Waals surface area contributed by atoms with Crippen LogP contribution in [-0.4, -0.2) is 53.4 Å². The molecular weight excluding hydrogens is 443 g/mol. The van der Waals surface area contributed by atoms with Crippen molar-refractivity contribution < 1.29 is 21.6 Å². The lowest BCUT2D eigenvalue weighted by atomic mass is 10.1. The fourth-order valence-electron chi connectivity index (χ4n) is 3.35. The molecule has 1 fully saturated rings. The average Bonchev–Trinajstić information content (AvgIpc) is 3.19. The van der Waals surface area contributed by atoms with Gasteiger partial charge >= 0.3 is 6.18 Å². The highest BCUT2D eigenvalue weighted by molar-refractivity contribution is 7.88. The predicted molar refractivity (Wildman–Crippen MR) is 107 cm³/mol. The summed E-state index contributed by atoms with van der Waals surface area (Å²) in [6.07, 6.45) is 0.823. The van der Waals surface area contributed by atoms with Gasteiger partial charge in [0.25, 0.3) is 0 Å². The van der Waals surface area contributed by atoms with E-state index in [0.717, 1.165) is 31.7 Å². The SMILES string of the molecule is CS(=O)(=O)NC1CCCN(c2nn3cc(-c4cnc(N)c(C(F)(F)F)c4)nc3s2)C1. The van der Waals surface area contributed by atoms with Gasteiger partial charge in [0.2, 0.25) is 20.1 Å². The van der Waals surface area contributed by atoms with E-state index >= 15 is 0 Å². The van der Waals surface area contributed by atoms with E-state index in [0.29, 0.717) is 22.3 Å². The standard InChI is InChI=1S/C16H18F3N7O2S2/c1-30(27,28)24-10-3-2-4-25(7-10)15-23-26-8-12(22-14(26)29-15)9-5-11(16(17,18)19)13(20)21-6-9/h5-6,8,10,24H,2-4,7H2,1H3,(H2,20,21). The van der Waals surface area contributed by atoms with Gasteiger partial charge in [0.05, 0.1) is 23.7 Å². The number of sulfonamides is 1. The normalized spacial score (nSPS) is 18.3. The Morgan fingerprint density at radius 2 is 2.13 bits per heavy atom. The van der Waals surface area contributed by atoms with Crippen molar-refractivity contribution in [2.45, 2.75) is 25.1 Å². The summed E-state index contributed by atoms with van der Waals surface area (Å²) >= 11 is 1.27. The summed E-state index contributed by atoms with van der Waals surface area (Å²) in [6, 6.07) is 0.712. The molecule has 1 saturated heterocycles. The van der Waals surface area contributed by atoms with Gasteiger partial charge in [-0.15, -0.1) is 5.10 Å². The summed E-state index contributed by atoms with van der Waals surface area (Å²) in [6.45, 7) is 1.20. The molecule has 9 nitrogen and oxygen atoms in total. The molecule has 1 aliphatic heterocycles. The second kappa shape index (κ2) is 7.35. The van der Waals surface area contributed by atoms with Crippen LogP contribution >= 0.6 is 11.3 Å². The molecule has 3 aromatic rings. The molecule has 1 aliphatic rings. The summed E-state index contributed by atoms with van der Waals surface area (Å²) in [7, 11) is -3.30. The molecule has 162 valence electrons. The van der Waals surface area contributed by atoms with E-state index in [9.17, 15) is 21.6 Å². The Kier molecular flexibility index (Phi) is 5.10. The maximum Gasteiger partial charge on any atom is 0.419 e. The molecule has 4 heterocycles. The average molecular weight is 461 g/mol. The fourth-order valence-corrected chi connectivity index (χ4v) is 5.06. The number of pyridine rings is 1. The molecule has 3 aromatic heterocycles. The molecule has 4 rings (SSSR count). The number of aromatic nitrogens is 4. The van der Waals surface area contributed by atoms with Crippen molar-refractivity contribution in [3.63, 3.8) is 0 Å². The van der Waals surface area contributed by atoms with Gasteiger partial charge < -0.3 is 10.6 Å². The van der Waals surface area contributed by atoms with E-state index < -0.39 is 27.6 Å². The molecule has 3 N–H and O–H groups in total. The Hall–Kier alpha value is -2.45. The number of alkyl halides is 3. The summed E-state index contributed by atoms with van der Waals surface area (Å²) in [5.74, 6) is -0.588. The Morgan fingerprint density at radius 3 is 2.80 bits per heavy atom. The quantitative estimate of drug-likeness (QED) is 0.610. The molecule has 30 heavy (non-hydrogen) atoms. The lowest BCUT2D eigenvalue weighted by Crippen LogP contribution is -2.47. The third-order valence-electron chi connectivity index (χ3n) is 4.62. The number of nitrogen functional groups attached to an aromatic ring is 1. The molecule has 0 radical (unpaired) electrons. The number of nitrogens with two attached hydrogens (primary N) is 1. The summed E-state index contributed by atoms with van der Waals surface area (Å²) in [4.78, 5) is 10.5. The van der Waals surface area contributed by atoms with Crippen LogP contribution in [-0.2, 0) is 16.2 Å². The Morgan fingerprint density at radius 1 is 1.37 bits per heavy atom. The summed E-state index contributed by atoms with van der Waals surface area (Å²) in [5.41, 5.74) is 4.82. The zero-order valence-electron chi connectivity index (χ0n) is 15.7. The number of imidazole rings is 1. The molecule has 1 atom stereocenters. The highest BCUT2D eigenvalue weighted by Gasteiger charge is 2.34. The first-order chi connectivity index (χ1) is 14.0. The van der Waals surface area contributed by atoms with E-state index in [2.05, 4.69) is 19.8 Å². The second-order valence-electron chi connectivity index (χ2n) is 7.07. The minimum Gasteiger partial charge on any atom is -0.383 e. The van der Waals surface area contributed by atoms with Crippen molar-refractivity contribution in [1.82, 2.24) is 24.3 Å². The maximum absolute atomic E-state index is 13.1. The van der Waals surface area contributed by atoms with Crippen LogP contribution in [0, 0.1) is 0 Å². The lowest BCUT2D eigenvalue weighted by Gasteiger charge is -2.32. The minimum atomic E-state index is -4.61. The third-order valence-corrected chi connectivity index (χ3v) is 6.37. The monoisotopic (exact) mass is 461 g/mol. The zero-order chi connectivity index (χ0) is 21.7. The molecule has 0 aromatic carbocycles. The van der Waals surface area contributed by atoms with Gasteiger partial charge in [-0.05, 0) is 18.9 Å². The van der Waals surface area contributed by atoms with Crippen LogP contribution < -0.4 is 15.4 Å². The predicted octanol–water partition coefficient (Wildman–Crippen LogP) is 1.97. The Labute approximate surface area is 173 Å². The van der Waals surface area contributed by atoms with Gasteiger partial charge in [-0.1, -0.05) is 11.3 Å². The number of hydrogen-bond donors (Lipinski definition) is 2. The van der Waals surface area contributed by atoms with Gasteiger partial charge in [0, 0.05) is 30.9 Å². The van der Waals surface area contributed by atoms with Crippen LogP contribution in [0.1, 0.15) is 18.4 Å². The van der Waals surface area contributed by atoms with Crippen molar-refractivity contribution in [1.29, 1.82) is 0 Å². The van der Waals surface area contributed by atoms with Crippen molar-refractivity contribution >= 4 is 37.3 Å². The Balaban J connectivity index is 1.58. The van der Waals surface area contributed by atoms with E-state index in [1.807, 2.05) is 4.90 Å². The van der Waals surface area contributed by atoms with Crippen LogP contribution in [0.4, 0.5) is 24.1 Å². The Bertz CT molecular complexity index is 1160. The summed E-state index contributed by atoms with van der Waals surface area (Å²) in [5, 5.41) is 5.12. The summed E-state index contributed by atoms with van der Waals surface area (Å²) < 4.78 is 66.3. The first-order valence-corrected chi connectivity index (χ1v) is 11.6. The van der Waals surface area contributed by atoms with E-state index in [1.165, 1.54) is 28.2 Å². The molecule has 14 heteroatoms. The van der Waals surface area contributed by atoms with Crippen molar-refractivity contribution in [2.75, 3.05) is 30.0 Å². The van der Waals surface area contributed by atoms with Crippen LogP contribution in [0.25, 0.3) is 16.2 Å². The topological polar surface area (TPSA) is 119 Å². The number of nitrogens with zero attached hydrogens (tertiary/aromatic N) is 5. The fraction of sp³-hybridized carbons (Fsp3) is 0.438. The maximum atomic E-state index is 13.1. The largest absolute Gasteiger partial charge is 0.419 e. The lowest BCUT2D eigenvalue weighted by molar-refractivity contribution is -0.137. The van der Waals surface area contributed by atoms with E-state index in [4.69, 9.17) is 5.73 Å². The smallest absolute Gasteiger partial charge is 0.383 e.